The first-order chi connectivity index (χ1) is 13.8. The zero-order chi connectivity index (χ0) is 18.9. The molecule has 0 bridgehead atoms. The summed E-state index contributed by atoms with van der Waals surface area (Å²) in [6, 6.07) is 0. The molecule has 152 valence electrons. The number of hydrogen-bond donors (Lipinski definition) is 0. The molecule has 1 saturated heterocycles. The van der Waals surface area contributed by atoms with E-state index in [4.69, 9.17) is 4.74 Å². The normalized spacial score (nSPS) is 23.6. The van der Waals surface area contributed by atoms with Gasteiger partial charge >= 0.3 is 0 Å². The van der Waals surface area contributed by atoms with E-state index < -0.39 is 0 Å². The van der Waals surface area contributed by atoms with Gasteiger partial charge in [-0.15, -0.1) is 10.2 Å². The Kier molecular flexibility index (Phi) is 5.09. The summed E-state index contributed by atoms with van der Waals surface area (Å²) in [5.41, 5.74) is 0. The van der Waals surface area contributed by atoms with Gasteiger partial charge in [0.2, 0.25) is 5.95 Å². The van der Waals surface area contributed by atoms with Crippen molar-refractivity contribution in [2.24, 2.45) is 17.8 Å². The Bertz CT molecular complexity index is 791. The zero-order valence-corrected chi connectivity index (χ0v) is 17.0. The molecule has 5 rings (SSSR count). The van der Waals surface area contributed by atoms with Gasteiger partial charge in [-0.25, -0.2) is 4.98 Å². The zero-order valence-electron chi connectivity index (χ0n) is 17.0. The molecular formula is C21H32N6O. The third kappa shape index (κ3) is 3.81. The predicted octanol–water partition coefficient (Wildman–Crippen LogP) is 2.69. The molecule has 1 atom stereocenters. The van der Waals surface area contributed by atoms with Crippen molar-refractivity contribution >= 4 is 5.95 Å². The monoisotopic (exact) mass is 384 g/mol. The third-order valence-electron chi connectivity index (χ3n) is 6.84. The van der Waals surface area contributed by atoms with Gasteiger partial charge in [0.05, 0.1) is 13.2 Å². The minimum absolute atomic E-state index is 0.638. The summed E-state index contributed by atoms with van der Waals surface area (Å²) in [6.07, 6.45) is 11.6. The minimum atomic E-state index is 0.638. The van der Waals surface area contributed by atoms with E-state index in [0.29, 0.717) is 5.92 Å². The third-order valence-corrected chi connectivity index (χ3v) is 6.84. The summed E-state index contributed by atoms with van der Waals surface area (Å²) in [6.45, 7) is 7.71. The van der Waals surface area contributed by atoms with Gasteiger partial charge in [-0.3, -0.25) is 4.57 Å². The highest BCUT2D eigenvalue weighted by molar-refractivity contribution is 5.32. The van der Waals surface area contributed by atoms with Crippen LogP contribution in [0.15, 0.2) is 12.4 Å². The topological polar surface area (TPSA) is 61.0 Å². The van der Waals surface area contributed by atoms with Crippen molar-refractivity contribution in [1.82, 2.24) is 24.3 Å². The lowest BCUT2D eigenvalue weighted by atomic mass is 9.76. The summed E-state index contributed by atoms with van der Waals surface area (Å²) in [4.78, 5) is 6.79. The molecule has 7 heteroatoms. The maximum atomic E-state index is 5.96. The maximum absolute atomic E-state index is 5.96. The Morgan fingerprint density at radius 2 is 2.04 bits per heavy atom. The number of rotatable bonds is 7. The van der Waals surface area contributed by atoms with E-state index >= 15 is 0 Å². The number of imidazole rings is 1. The van der Waals surface area contributed by atoms with Crippen LogP contribution in [0.1, 0.15) is 43.8 Å². The van der Waals surface area contributed by atoms with E-state index in [9.17, 15) is 0 Å². The van der Waals surface area contributed by atoms with E-state index in [0.717, 1.165) is 75.2 Å². The lowest BCUT2D eigenvalue weighted by Crippen LogP contribution is -2.37. The van der Waals surface area contributed by atoms with Crippen LogP contribution in [-0.2, 0) is 24.2 Å². The summed E-state index contributed by atoms with van der Waals surface area (Å²) in [7, 11) is 0. The lowest BCUT2D eigenvalue weighted by Gasteiger charge is -2.35. The van der Waals surface area contributed by atoms with Crippen molar-refractivity contribution in [3.63, 3.8) is 0 Å². The van der Waals surface area contributed by atoms with Gasteiger partial charge in [0.15, 0.2) is 0 Å². The molecule has 3 heterocycles. The first-order valence-corrected chi connectivity index (χ1v) is 11.0. The smallest absolute Gasteiger partial charge is 0.227 e. The lowest BCUT2D eigenvalue weighted by molar-refractivity contribution is 0.0784. The molecule has 1 unspecified atom stereocenters. The van der Waals surface area contributed by atoms with E-state index in [1.165, 1.54) is 32.1 Å². The Morgan fingerprint density at radius 1 is 1.14 bits per heavy atom. The van der Waals surface area contributed by atoms with Crippen LogP contribution in [-0.4, -0.2) is 50.6 Å². The molecule has 0 amide bonds. The molecule has 0 spiro atoms. The van der Waals surface area contributed by atoms with E-state index in [1.54, 1.807) is 0 Å². The van der Waals surface area contributed by atoms with Crippen LogP contribution >= 0.6 is 0 Å². The van der Waals surface area contributed by atoms with Gasteiger partial charge in [0.1, 0.15) is 11.6 Å². The van der Waals surface area contributed by atoms with Crippen molar-refractivity contribution in [3.05, 3.63) is 24.0 Å². The minimum Gasteiger partial charge on any atom is -0.379 e. The molecule has 7 nitrogen and oxygen atoms in total. The average molecular weight is 385 g/mol. The first-order valence-electron chi connectivity index (χ1n) is 11.0. The number of anilines is 1. The number of aromatic nitrogens is 5. The van der Waals surface area contributed by atoms with Gasteiger partial charge in [-0.05, 0) is 31.6 Å². The fourth-order valence-electron chi connectivity index (χ4n) is 4.57. The molecule has 2 aliphatic carbocycles. The van der Waals surface area contributed by atoms with Crippen molar-refractivity contribution in [3.8, 4) is 0 Å². The highest BCUT2D eigenvalue weighted by Gasteiger charge is 2.33. The largest absolute Gasteiger partial charge is 0.379 e. The van der Waals surface area contributed by atoms with E-state index in [2.05, 4.69) is 36.1 Å². The summed E-state index contributed by atoms with van der Waals surface area (Å²) in [5.74, 6) is 5.51. The molecule has 3 aliphatic rings. The molecule has 2 saturated carbocycles. The Balaban J connectivity index is 1.35. The van der Waals surface area contributed by atoms with Crippen molar-refractivity contribution in [2.45, 2.75) is 58.5 Å². The van der Waals surface area contributed by atoms with Crippen molar-refractivity contribution < 1.29 is 4.74 Å². The summed E-state index contributed by atoms with van der Waals surface area (Å²) in [5, 5.41) is 9.31. The maximum Gasteiger partial charge on any atom is 0.227 e. The van der Waals surface area contributed by atoms with Gasteiger partial charge in [-0.1, -0.05) is 19.3 Å². The molecule has 0 N–H and O–H groups in total. The molecule has 2 aromatic rings. The van der Waals surface area contributed by atoms with Crippen LogP contribution in [0.5, 0.6) is 0 Å². The molecule has 0 radical (unpaired) electrons. The molecule has 3 fully saturated rings. The summed E-state index contributed by atoms with van der Waals surface area (Å²) >= 11 is 0. The second-order valence-electron chi connectivity index (χ2n) is 8.86. The van der Waals surface area contributed by atoms with Gasteiger partial charge < -0.3 is 14.2 Å². The molecule has 28 heavy (non-hydrogen) atoms. The Labute approximate surface area is 167 Å². The molecular weight excluding hydrogens is 352 g/mol. The van der Waals surface area contributed by atoms with Gasteiger partial charge in [0, 0.05) is 50.9 Å². The second kappa shape index (κ2) is 7.85. The number of hydrogen-bond acceptors (Lipinski definition) is 5. The van der Waals surface area contributed by atoms with E-state index in [-0.39, 0.29) is 0 Å². The van der Waals surface area contributed by atoms with Gasteiger partial charge in [-0.2, -0.15) is 0 Å². The quantitative estimate of drug-likeness (QED) is 0.734. The highest BCUT2D eigenvalue weighted by atomic mass is 16.5. The standard InChI is InChI=1S/C21H32N6O/c1-16-22-8-10-25(16)9-7-20-23-24-21(27(20)13-17-5-6-17)26-11-12-28-15-19(14-26)18-3-2-4-18/h8,10,17-19H,2-7,9,11-15H2,1H3. The SMILES string of the molecule is Cc1nccn1CCc1nnc(N2CCOCC(C3CCC3)C2)n1CC1CC1. The Hall–Kier alpha value is -1.89. The van der Waals surface area contributed by atoms with E-state index in [1.807, 2.05) is 12.4 Å². The van der Waals surface area contributed by atoms with Crippen LogP contribution < -0.4 is 4.90 Å². The fourth-order valence-corrected chi connectivity index (χ4v) is 4.57. The van der Waals surface area contributed by atoms with Crippen LogP contribution in [0, 0.1) is 24.7 Å². The van der Waals surface area contributed by atoms with Crippen LogP contribution in [0.2, 0.25) is 0 Å². The number of ether oxygens (including phenoxy) is 1. The predicted molar refractivity (Wildman–Crippen MR) is 107 cm³/mol. The van der Waals surface area contributed by atoms with Crippen LogP contribution in [0.4, 0.5) is 5.95 Å². The summed E-state index contributed by atoms with van der Waals surface area (Å²) < 4.78 is 10.6. The first kappa shape index (κ1) is 18.2. The Morgan fingerprint density at radius 3 is 2.75 bits per heavy atom. The average Bonchev–Trinajstić information content (AvgIpc) is 3.31. The van der Waals surface area contributed by atoms with Crippen molar-refractivity contribution in [2.75, 3.05) is 31.2 Å². The highest BCUT2D eigenvalue weighted by Crippen LogP contribution is 2.36. The second-order valence-corrected chi connectivity index (χ2v) is 8.86. The van der Waals surface area contributed by atoms with Crippen molar-refractivity contribution in [1.29, 1.82) is 0 Å². The molecule has 2 aromatic heterocycles. The number of nitrogens with zero attached hydrogens (tertiary/aromatic N) is 6. The fraction of sp³-hybridized carbons (Fsp3) is 0.762. The van der Waals surface area contributed by atoms with Gasteiger partial charge in [0.25, 0.3) is 0 Å². The number of aryl methyl sites for hydroxylation is 3. The molecule has 1 aliphatic heterocycles. The molecule has 0 aromatic carbocycles. The van der Waals surface area contributed by atoms with Crippen LogP contribution in [0.3, 0.4) is 0 Å². The van der Waals surface area contributed by atoms with Crippen LogP contribution in [0.25, 0.3) is 0 Å².